The van der Waals surface area contributed by atoms with Gasteiger partial charge in [-0.15, -0.1) is 0 Å². The monoisotopic (exact) mass is 423 g/mol. The van der Waals surface area contributed by atoms with Gasteiger partial charge in [0.05, 0.1) is 13.2 Å². The Bertz CT molecular complexity index is 728. The molecule has 2 rings (SSSR count). The summed E-state index contributed by atoms with van der Waals surface area (Å²) in [7, 11) is 0. The topological polar surface area (TPSA) is 97.0 Å². The van der Waals surface area contributed by atoms with Crippen molar-refractivity contribution >= 4 is 29.6 Å². The van der Waals surface area contributed by atoms with Gasteiger partial charge in [0.2, 0.25) is 5.91 Å². The highest BCUT2D eigenvalue weighted by atomic mass is 32.2. The van der Waals surface area contributed by atoms with E-state index in [0.717, 1.165) is 16.2 Å². The lowest BCUT2D eigenvalue weighted by Gasteiger charge is -2.14. The maximum Gasteiger partial charge on any atom is 0.325 e. The van der Waals surface area contributed by atoms with Gasteiger partial charge in [-0.1, -0.05) is 6.07 Å². The summed E-state index contributed by atoms with van der Waals surface area (Å²) in [5, 5.41) is 5.39. The lowest BCUT2D eigenvalue weighted by Crippen LogP contribution is -2.41. The molecule has 9 heteroatoms. The molecule has 0 saturated carbocycles. The number of nitrogens with zero attached hydrogens (tertiary/aromatic N) is 1. The predicted molar refractivity (Wildman–Crippen MR) is 113 cm³/mol. The molecule has 1 fully saturated rings. The van der Waals surface area contributed by atoms with Crippen LogP contribution < -0.4 is 20.1 Å². The van der Waals surface area contributed by atoms with Crippen molar-refractivity contribution in [2.24, 2.45) is 0 Å². The zero-order chi connectivity index (χ0) is 21.2. The minimum Gasteiger partial charge on any atom is -0.490 e. The second kappa shape index (κ2) is 11.5. The van der Waals surface area contributed by atoms with E-state index >= 15 is 0 Å². The molecule has 160 valence electrons. The first-order chi connectivity index (χ1) is 14.0. The highest BCUT2D eigenvalue weighted by Gasteiger charge is 2.38. The highest BCUT2D eigenvalue weighted by Crippen LogP contribution is 2.28. The Morgan fingerprint density at radius 3 is 2.62 bits per heavy atom. The third-order valence-corrected chi connectivity index (χ3v) is 5.01. The van der Waals surface area contributed by atoms with Crippen LogP contribution in [0.4, 0.5) is 4.79 Å². The minimum atomic E-state index is -0.538. The first kappa shape index (κ1) is 22.9. The lowest BCUT2D eigenvalue weighted by molar-refractivity contribution is -0.132. The van der Waals surface area contributed by atoms with Gasteiger partial charge < -0.3 is 20.1 Å². The molecular formula is C20H29N3O5S. The quantitative estimate of drug-likeness (QED) is 0.498. The van der Waals surface area contributed by atoms with Crippen molar-refractivity contribution < 1.29 is 23.9 Å². The average molecular weight is 424 g/mol. The van der Waals surface area contributed by atoms with Crippen LogP contribution in [0.15, 0.2) is 18.2 Å². The molecule has 1 aromatic carbocycles. The first-order valence-corrected chi connectivity index (χ1v) is 11.2. The molecule has 8 nitrogen and oxygen atoms in total. The van der Waals surface area contributed by atoms with Gasteiger partial charge in [-0.2, -0.15) is 11.8 Å². The summed E-state index contributed by atoms with van der Waals surface area (Å²) in [6, 6.07) is 4.63. The first-order valence-electron chi connectivity index (χ1n) is 9.76. The summed E-state index contributed by atoms with van der Waals surface area (Å²) in [5.74, 6) is 1.43. The summed E-state index contributed by atoms with van der Waals surface area (Å²) in [6.07, 6.45) is 3.09. The Morgan fingerprint density at radius 1 is 1.21 bits per heavy atom. The van der Waals surface area contributed by atoms with Gasteiger partial charge in [-0.25, -0.2) is 4.79 Å². The molecule has 0 spiro atoms. The number of nitrogens with one attached hydrogen (secondary N) is 2. The number of thioether (sulfide) groups is 1. The standard InChI is InChI=1S/C20H29N3O5S/c1-4-27-16-7-6-14(12-17(16)28-5-2)8-10-21-18(24)13-23-19(25)15(9-11-29-3)22-20(23)26/h6-7,12,15H,4-5,8-11,13H2,1-3H3,(H,21,24)(H,22,26)/t15-/m0/s1. The number of rotatable bonds is 12. The summed E-state index contributed by atoms with van der Waals surface area (Å²) < 4.78 is 11.1. The van der Waals surface area contributed by atoms with E-state index in [-0.39, 0.29) is 18.4 Å². The fraction of sp³-hybridized carbons (Fsp3) is 0.550. The second-order valence-electron chi connectivity index (χ2n) is 6.45. The Kier molecular flexibility index (Phi) is 9.11. The molecule has 1 saturated heterocycles. The van der Waals surface area contributed by atoms with Gasteiger partial charge >= 0.3 is 6.03 Å². The number of carbonyl (C=O) groups excluding carboxylic acids is 3. The van der Waals surface area contributed by atoms with Crippen LogP contribution in [0.2, 0.25) is 0 Å². The third-order valence-electron chi connectivity index (χ3n) is 4.36. The molecule has 0 aromatic heterocycles. The van der Waals surface area contributed by atoms with E-state index in [0.29, 0.717) is 44.1 Å². The van der Waals surface area contributed by atoms with Crippen molar-refractivity contribution in [3.05, 3.63) is 23.8 Å². The van der Waals surface area contributed by atoms with E-state index in [1.54, 1.807) is 11.8 Å². The lowest BCUT2D eigenvalue weighted by atomic mass is 10.1. The van der Waals surface area contributed by atoms with E-state index < -0.39 is 12.1 Å². The van der Waals surface area contributed by atoms with Crippen LogP contribution >= 0.6 is 11.8 Å². The second-order valence-corrected chi connectivity index (χ2v) is 7.44. The van der Waals surface area contributed by atoms with E-state index in [1.807, 2.05) is 38.3 Å². The Labute approximate surface area is 175 Å². The summed E-state index contributed by atoms with van der Waals surface area (Å²) in [4.78, 5) is 37.4. The van der Waals surface area contributed by atoms with Crippen molar-refractivity contribution in [1.29, 1.82) is 0 Å². The fourth-order valence-corrected chi connectivity index (χ4v) is 3.43. The van der Waals surface area contributed by atoms with Crippen LogP contribution in [-0.2, 0) is 16.0 Å². The number of urea groups is 1. The average Bonchev–Trinajstić information content (AvgIpc) is 2.96. The number of ether oxygens (including phenoxy) is 2. The van der Waals surface area contributed by atoms with Gasteiger partial charge in [0, 0.05) is 6.54 Å². The molecular weight excluding hydrogens is 394 g/mol. The maximum atomic E-state index is 12.3. The van der Waals surface area contributed by atoms with Crippen LogP contribution in [0.5, 0.6) is 11.5 Å². The largest absolute Gasteiger partial charge is 0.490 e. The molecule has 0 aliphatic carbocycles. The summed E-state index contributed by atoms with van der Waals surface area (Å²) in [6.45, 7) is 5.02. The van der Waals surface area contributed by atoms with E-state index in [4.69, 9.17) is 9.47 Å². The van der Waals surface area contributed by atoms with Crippen molar-refractivity contribution in [2.45, 2.75) is 32.7 Å². The van der Waals surface area contributed by atoms with Gasteiger partial charge in [-0.3, -0.25) is 14.5 Å². The molecule has 1 aliphatic heterocycles. The van der Waals surface area contributed by atoms with Gasteiger partial charge in [0.15, 0.2) is 11.5 Å². The van der Waals surface area contributed by atoms with Crippen molar-refractivity contribution in [3.63, 3.8) is 0 Å². The molecule has 1 aliphatic rings. The number of hydrogen-bond donors (Lipinski definition) is 2. The Balaban J connectivity index is 1.83. The van der Waals surface area contributed by atoms with E-state index in [2.05, 4.69) is 10.6 Å². The molecule has 1 atom stereocenters. The van der Waals surface area contributed by atoms with E-state index in [9.17, 15) is 14.4 Å². The van der Waals surface area contributed by atoms with Crippen LogP contribution in [0.1, 0.15) is 25.8 Å². The number of amides is 4. The highest BCUT2D eigenvalue weighted by molar-refractivity contribution is 7.98. The molecule has 29 heavy (non-hydrogen) atoms. The molecule has 0 bridgehead atoms. The normalized spacial score (nSPS) is 16.0. The van der Waals surface area contributed by atoms with Crippen LogP contribution in [-0.4, -0.2) is 67.1 Å². The van der Waals surface area contributed by atoms with Gasteiger partial charge in [-0.05, 0) is 56.4 Å². The van der Waals surface area contributed by atoms with Crippen molar-refractivity contribution in [3.8, 4) is 11.5 Å². The van der Waals surface area contributed by atoms with E-state index in [1.165, 1.54) is 0 Å². The molecule has 4 amide bonds. The van der Waals surface area contributed by atoms with Gasteiger partial charge in [0.25, 0.3) is 5.91 Å². The zero-order valence-corrected chi connectivity index (χ0v) is 18.0. The summed E-state index contributed by atoms with van der Waals surface area (Å²) in [5.41, 5.74) is 0.990. The van der Waals surface area contributed by atoms with Crippen LogP contribution in [0.25, 0.3) is 0 Å². The van der Waals surface area contributed by atoms with Crippen molar-refractivity contribution in [1.82, 2.24) is 15.5 Å². The number of carbonyl (C=O) groups is 3. The fourth-order valence-electron chi connectivity index (χ4n) is 2.95. The molecule has 0 unspecified atom stereocenters. The number of imide groups is 1. The Morgan fingerprint density at radius 2 is 1.93 bits per heavy atom. The van der Waals surface area contributed by atoms with Gasteiger partial charge in [0.1, 0.15) is 12.6 Å². The zero-order valence-electron chi connectivity index (χ0n) is 17.2. The van der Waals surface area contributed by atoms with Crippen LogP contribution in [0.3, 0.4) is 0 Å². The molecule has 1 aromatic rings. The smallest absolute Gasteiger partial charge is 0.325 e. The predicted octanol–water partition coefficient (Wildman–Crippen LogP) is 1.82. The number of benzene rings is 1. The maximum absolute atomic E-state index is 12.3. The molecule has 2 N–H and O–H groups in total. The van der Waals surface area contributed by atoms with Crippen molar-refractivity contribution in [2.75, 3.05) is 38.3 Å². The Hall–Kier alpha value is -2.42. The summed E-state index contributed by atoms with van der Waals surface area (Å²) >= 11 is 1.61. The molecule has 0 radical (unpaired) electrons. The van der Waals surface area contributed by atoms with Crippen LogP contribution in [0, 0.1) is 0 Å². The third kappa shape index (κ3) is 6.56. The SMILES string of the molecule is CCOc1ccc(CCNC(=O)CN2C(=O)N[C@@H](CCSC)C2=O)cc1OCC. The number of hydrogen-bond acceptors (Lipinski definition) is 6. The molecule has 1 heterocycles. The minimum absolute atomic E-state index is 0.270.